The van der Waals surface area contributed by atoms with E-state index in [4.69, 9.17) is 4.74 Å². The number of methoxy groups -OCH3 is 1. The first-order valence-corrected chi connectivity index (χ1v) is 10.2. The van der Waals surface area contributed by atoms with Crippen LogP contribution in [0.2, 0.25) is 0 Å². The Morgan fingerprint density at radius 2 is 2.08 bits per heavy atom. The maximum atomic E-state index is 12.9. The zero-order chi connectivity index (χ0) is 18.4. The molecule has 140 valence electrons. The van der Waals surface area contributed by atoms with Gasteiger partial charge in [-0.15, -0.1) is 0 Å². The molecule has 1 aliphatic heterocycles. The lowest BCUT2D eigenvalue weighted by atomic mass is 10.0. The molecular weight excluding hydrogens is 340 g/mol. The summed E-state index contributed by atoms with van der Waals surface area (Å²) in [5.41, 5.74) is 1.25. The van der Waals surface area contributed by atoms with Crippen LogP contribution in [0.15, 0.2) is 23.1 Å². The Morgan fingerprint density at radius 3 is 2.80 bits per heavy atom. The van der Waals surface area contributed by atoms with Crippen LogP contribution in [0.25, 0.3) is 0 Å². The standard InChI is InChI=1S/C18H28N2O4S/c1-14-5-4-10-20(11-8-14)18(21)17-13-16(7-6-15(17)2)25(22,23)19-9-12-24-3/h6-7,13-14,19H,4-5,8-12H2,1-3H3/t14-/m1/s1. The molecule has 1 fully saturated rings. The number of sulfonamides is 1. The van der Waals surface area contributed by atoms with Gasteiger partial charge in [0.05, 0.1) is 11.5 Å². The van der Waals surface area contributed by atoms with Crippen molar-refractivity contribution in [3.8, 4) is 0 Å². The van der Waals surface area contributed by atoms with Gasteiger partial charge in [0.15, 0.2) is 0 Å². The van der Waals surface area contributed by atoms with Gasteiger partial charge in [-0.3, -0.25) is 4.79 Å². The zero-order valence-corrected chi connectivity index (χ0v) is 16.1. The molecule has 6 nitrogen and oxygen atoms in total. The molecule has 0 spiro atoms. The van der Waals surface area contributed by atoms with Gasteiger partial charge in [-0.1, -0.05) is 13.0 Å². The number of nitrogens with one attached hydrogen (secondary N) is 1. The van der Waals surface area contributed by atoms with Crippen molar-refractivity contribution in [2.45, 2.75) is 38.0 Å². The topological polar surface area (TPSA) is 75.7 Å². The number of amides is 1. The summed E-state index contributed by atoms with van der Waals surface area (Å²) in [5, 5.41) is 0. The van der Waals surface area contributed by atoms with E-state index in [0.717, 1.165) is 37.9 Å². The Bertz CT molecular complexity index is 703. The van der Waals surface area contributed by atoms with E-state index < -0.39 is 10.0 Å². The summed E-state index contributed by atoms with van der Waals surface area (Å²) in [7, 11) is -2.14. The fourth-order valence-electron chi connectivity index (χ4n) is 3.00. The van der Waals surface area contributed by atoms with Crippen molar-refractivity contribution in [2.24, 2.45) is 5.92 Å². The Hall–Kier alpha value is -1.44. The molecule has 1 amide bonds. The third-order valence-electron chi connectivity index (χ3n) is 4.65. The van der Waals surface area contributed by atoms with Crippen LogP contribution >= 0.6 is 0 Å². The van der Waals surface area contributed by atoms with Gasteiger partial charge in [-0.25, -0.2) is 13.1 Å². The molecule has 0 aromatic heterocycles. The van der Waals surface area contributed by atoms with Crippen LogP contribution in [0.4, 0.5) is 0 Å². The molecule has 1 aromatic rings. The SMILES string of the molecule is COCCNS(=O)(=O)c1ccc(C)c(C(=O)N2CCC[C@@H](C)CC2)c1. The summed E-state index contributed by atoms with van der Waals surface area (Å²) >= 11 is 0. The minimum Gasteiger partial charge on any atom is -0.383 e. The molecule has 1 atom stereocenters. The van der Waals surface area contributed by atoms with Crippen LogP contribution in [0.1, 0.15) is 42.1 Å². The van der Waals surface area contributed by atoms with Crippen LogP contribution < -0.4 is 4.72 Å². The van der Waals surface area contributed by atoms with Crippen LogP contribution in [-0.4, -0.2) is 52.6 Å². The number of carbonyl (C=O) groups excluding carboxylic acids is 1. The number of likely N-dealkylation sites (tertiary alicyclic amines) is 1. The molecule has 1 saturated heterocycles. The van der Waals surface area contributed by atoms with Gasteiger partial charge < -0.3 is 9.64 Å². The van der Waals surface area contributed by atoms with Crippen molar-refractivity contribution in [1.29, 1.82) is 0 Å². The second kappa shape index (κ2) is 8.78. The third kappa shape index (κ3) is 5.26. The molecule has 7 heteroatoms. The van der Waals surface area contributed by atoms with E-state index in [0.29, 0.717) is 18.1 Å². The molecule has 0 radical (unpaired) electrons. The van der Waals surface area contributed by atoms with Crippen molar-refractivity contribution >= 4 is 15.9 Å². The molecule has 0 saturated carbocycles. The van der Waals surface area contributed by atoms with Crippen molar-refractivity contribution in [3.63, 3.8) is 0 Å². The summed E-state index contributed by atoms with van der Waals surface area (Å²) in [6, 6.07) is 4.71. The lowest BCUT2D eigenvalue weighted by Crippen LogP contribution is -2.33. The highest BCUT2D eigenvalue weighted by Gasteiger charge is 2.23. The van der Waals surface area contributed by atoms with Gasteiger partial charge in [0.1, 0.15) is 0 Å². The Balaban J connectivity index is 2.22. The third-order valence-corrected chi connectivity index (χ3v) is 6.11. The quantitative estimate of drug-likeness (QED) is 0.781. The predicted molar refractivity (Wildman–Crippen MR) is 97.2 cm³/mol. The van der Waals surface area contributed by atoms with Gasteiger partial charge in [0.2, 0.25) is 10.0 Å². The minimum absolute atomic E-state index is 0.0828. The van der Waals surface area contributed by atoms with E-state index in [2.05, 4.69) is 11.6 Å². The molecule has 25 heavy (non-hydrogen) atoms. The van der Waals surface area contributed by atoms with E-state index in [1.54, 1.807) is 6.07 Å². The van der Waals surface area contributed by atoms with E-state index in [1.165, 1.54) is 19.2 Å². The second-order valence-corrected chi connectivity index (χ2v) is 8.46. The minimum atomic E-state index is -3.65. The van der Waals surface area contributed by atoms with Crippen molar-refractivity contribution in [3.05, 3.63) is 29.3 Å². The molecule has 1 aromatic carbocycles. The Morgan fingerprint density at radius 1 is 1.32 bits per heavy atom. The number of nitrogens with zero attached hydrogens (tertiary/aromatic N) is 1. The zero-order valence-electron chi connectivity index (χ0n) is 15.2. The molecule has 1 heterocycles. The highest BCUT2D eigenvalue weighted by atomic mass is 32.2. The van der Waals surface area contributed by atoms with Gasteiger partial charge in [0.25, 0.3) is 5.91 Å². The smallest absolute Gasteiger partial charge is 0.254 e. The molecule has 0 aliphatic carbocycles. The number of rotatable bonds is 6. The number of aryl methyl sites for hydroxylation is 1. The second-order valence-electron chi connectivity index (χ2n) is 6.70. The number of benzene rings is 1. The van der Waals surface area contributed by atoms with Crippen LogP contribution in [0.5, 0.6) is 0 Å². The largest absolute Gasteiger partial charge is 0.383 e. The van der Waals surface area contributed by atoms with Gasteiger partial charge in [0, 0.05) is 32.3 Å². The number of hydrogen-bond acceptors (Lipinski definition) is 4. The summed E-state index contributed by atoms with van der Waals surface area (Å²) in [4.78, 5) is 14.9. The van der Waals surface area contributed by atoms with Crippen LogP contribution in [0, 0.1) is 12.8 Å². The highest BCUT2D eigenvalue weighted by molar-refractivity contribution is 7.89. The van der Waals surface area contributed by atoms with Gasteiger partial charge in [-0.05, 0) is 49.8 Å². The highest BCUT2D eigenvalue weighted by Crippen LogP contribution is 2.21. The van der Waals surface area contributed by atoms with Crippen LogP contribution in [0.3, 0.4) is 0 Å². The lowest BCUT2D eigenvalue weighted by molar-refractivity contribution is 0.0759. The molecule has 1 aliphatic rings. The molecule has 1 N–H and O–H groups in total. The van der Waals surface area contributed by atoms with Crippen molar-refractivity contribution in [2.75, 3.05) is 33.4 Å². The maximum Gasteiger partial charge on any atom is 0.254 e. The normalized spacial score (nSPS) is 18.8. The molecule has 0 bridgehead atoms. The molecule has 2 rings (SSSR count). The predicted octanol–water partition coefficient (Wildman–Crippen LogP) is 2.18. The van der Waals surface area contributed by atoms with E-state index >= 15 is 0 Å². The molecular formula is C18H28N2O4S. The number of hydrogen-bond donors (Lipinski definition) is 1. The Kier molecular flexibility index (Phi) is 6.98. The fraction of sp³-hybridized carbons (Fsp3) is 0.611. The number of carbonyl (C=O) groups is 1. The Labute approximate surface area is 150 Å². The lowest BCUT2D eigenvalue weighted by Gasteiger charge is -2.22. The van der Waals surface area contributed by atoms with E-state index in [9.17, 15) is 13.2 Å². The first-order valence-electron chi connectivity index (χ1n) is 8.73. The first-order chi connectivity index (χ1) is 11.8. The summed E-state index contributed by atoms with van der Waals surface area (Å²) in [5.74, 6) is 0.538. The van der Waals surface area contributed by atoms with Gasteiger partial charge >= 0.3 is 0 Å². The first kappa shape index (κ1) is 19.9. The summed E-state index contributed by atoms with van der Waals surface area (Å²) < 4.78 is 32.1. The molecule has 0 unspecified atom stereocenters. The monoisotopic (exact) mass is 368 g/mol. The van der Waals surface area contributed by atoms with Gasteiger partial charge in [-0.2, -0.15) is 0 Å². The van der Waals surface area contributed by atoms with Crippen molar-refractivity contribution < 1.29 is 17.9 Å². The fourth-order valence-corrected chi connectivity index (χ4v) is 4.04. The van der Waals surface area contributed by atoms with Crippen LogP contribution in [-0.2, 0) is 14.8 Å². The van der Waals surface area contributed by atoms with E-state index in [-0.39, 0.29) is 17.3 Å². The average Bonchev–Trinajstić information content (AvgIpc) is 2.79. The maximum absolute atomic E-state index is 12.9. The number of ether oxygens (including phenoxy) is 1. The summed E-state index contributed by atoms with van der Waals surface area (Å²) in [6.45, 7) is 5.98. The summed E-state index contributed by atoms with van der Waals surface area (Å²) in [6.07, 6.45) is 3.10. The van der Waals surface area contributed by atoms with Crippen molar-refractivity contribution in [1.82, 2.24) is 9.62 Å². The average molecular weight is 368 g/mol. The van der Waals surface area contributed by atoms with E-state index in [1.807, 2.05) is 11.8 Å².